The lowest BCUT2D eigenvalue weighted by atomic mass is 9.98. The van der Waals surface area contributed by atoms with Crippen molar-refractivity contribution in [1.82, 2.24) is 5.32 Å². The Bertz CT molecular complexity index is 1140. The van der Waals surface area contributed by atoms with Crippen LogP contribution in [0, 0.1) is 5.82 Å². The molecular formula is C26H22FNO4. The number of alkyl carbamates (subject to hydrolysis) is 1. The van der Waals surface area contributed by atoms with E-state index in [1.165, 1.54) is 29.3 Å². The number of benzene rings is 3. The summed E-state index contributed by atoms with van der Waals surface area (Å²) < 4.78 is 18.9. The lowest BCUT2D eigenvalue weighted by Gasteiger charge is -2.14. The highest BCUT2D eigenvalue weighted by Crippen LogP contribution is 2.44. The minimum absolute atomic E-state index is 0.00420. The summed E-state index contributed by atoms with van der Waals surface area (Å²) in [6.07, 6.45) is 3.15. The number of carbonyl (C=O) groups excluding carboxylic acids is 1. The van der Waals surface area contributed by atoms with E-state index in [0.717, 1.165) is 17.2 Å². The number of hydrogen-bond acceptors (Lipinski definition) is 3. The average molecular weight is 431 g/mol. The number of rotatable bonds is 7. The van der Waals surface area contributed by atoms with Crippen molar-refractivity contribution in [3.63, 3.8) is 0 Å². The fourth-order valence-electron chi connectivity index (χ4n) is 3.98. The largest absolute Gasteiger partial charge is 0.478 e. The molecule has 3 aromatic carbocycles. The molecule has 3 aromatic rings. The van der Waals surface area contributed by atoms with E-state index in [1.54, 1.807) is 6.08 Å². The van der Waals surface area contributed by atoms with Crippen LogP contribution >= 0.6 is 0 Å². The van der Waals surface area contributed by atoms with Gasteiger partial charge in [0, 0.05) is 12.5 Å². The van der Waals surface area contributed by atoms with Gasteiger partial charge in [-0.3, -0.25) is 0 Å². The van der Waals surface area contributed by atoms with Crippen LogP contribution in [-0.4, -0.2) is 30.3 Å². The molecule has 0 saturated heterocycles. The van der Waals surface area contributed by atoms with Crippen molar-refractivity contribution in [2.45, 2.75) is 12.3 Å². The van der Waals surface area contributed by atoms with E-state index in [4.69, 9.17) is 4.74 Å². The fourth-order valence-corrected chi connectivity index (χ4v) is 3.98. The number of hydrogen-bond donors (Lipinski definition) is 2. The fraction of sp³-hybridized carbons (Fsp3) is 0.154. The average Bonchev–Trinajstić information content (AvgIpc) is 3.11. The third-order valence-electron chi connectivity index (χ3n) is 5.47. The molecule has 1 aliphatic carbocycles. The maximum Gasteiger partial charge on any atom is 0.407 e. The van der Waals surface area contributed by atoms with Gasteiger partial charge in [-0.05, 0) is 52.4 Å². The number of carboxylic acid groups (broad SMARTS) is 1. The quantitative estimate of drug-likeness (QED) is 0.487. The summed E-state index contributed by atoms with van der Waals surface area (Å²) in [4.78, 5) is 23.4. The SMILES string of the molecule is O=C(NCCC=Cc1cc(F)ccc1C(=O)O)OCC1c2ccccc2-c2ccccc21. The van der Waals surface area contributed by atoms with Gasteiger partial charge in [0.05, 0.1) is 5.56 Å². The highest BCUT2D eigenvalue weighted by Gasteiger charge is 2.28. The summed E-state index contributed by atoms with van der Waals surface area (Å²) in [5, 5.41) is 11.9. The summed E-state index contributed by atoms with van der Waals surface area (Å²) in [6.45, 7) is 0.547. The monoisotopic (exact) mass is 431 g/mol. The van der Waals surface area contributed by atoms with Gasteiger partial charge >= 0.3 is 12.1 Å². The molecule has 0 bridgehead atoms. The van der Waals surface area contributed by atoms with Crippen LogP contribution in [0.5, 0.6) is 0 Å². The molecule has 0 heterocycles. The summed E-state index contributed by atoms with van der Waals surface area (Å²) in [7, 11) is 0. The van der Waals surface area contributed by atoms with Crippen LogP contribution in [0.3, 0.4) is 0 Å². The van der Waals surface area contributed by atoms with E-state index in [1.807, 2.05) is 24.3 Å². The summed E-state index contributed by atoms with van der Waals surface area (Å²) >= 11 is 0. The molecule has 6 heteroatoms. The second-order valence-electron chi connectivity index (χ2n) is 7.48. The summed E-state index contributed by atoms with van der Waals surface area (Å²) in [5.41, 5.74) is 4.92. The number of ether oxygens (including phenoxy) is 1. The summed E-state index contributed by atoms with van der Waals surface area (Å²) in [6, 6.07) is 19.8. The molecule has 4 rings (SSSR count). The number of nitrogens with one attached hydrogen (secondary N) is 1. The highest BCUT2D eigenvalue weighted by atomic mass is 19.1. The molecule has 0 atom stereocenters. The van der Waals surface area contributed by atoms with Crippen LogP contribution in [0.25, 0.3) is 17.2 Å². The number of carboxylic acids is 1. The number of halogens is 1. The van der Waals surface area contributed by atoms with Gasteiger partial charge in [-0.15, -0.1) is 0 Å². The van der Waals surface area contributed by atoms with Crippen LogP contribution in [0.1, 0.15) is 39.4 Å². The van der Waals surface area contributed by atoms with Gasteiger partial charge in [0.25, 0.3) is 0 Å². The Balaban J connectivity index is 1.29. The van der Waals surface area contributed by atoms with E-state index < -0.39 is 17.9 Å². The van der Waals surface area contributed by atoms with Crippen LogP contribution in [-0.2, 0) is 4.74 Å². The van der Waals surface area contributed by atoms with Crippen molar-refractivity contribution in [2.75, 3.05) is 13.2 Å². The van der Waals surface area contributed by atoms with Crippen LogP contribution in [0.2, 0.25) is 0 Å². The molecular weight excluding hydrogens is 409 g/mol. The van der Waals surface area contributed by atoms with Gasteiger partial charge in [0.1, 0.15) is 12.4 Å². The zero-order valence-electron chi connectivity index (χ0n) is 17.3. The zero-order valence-corrected chi connectivity index (χ0v) is 17.3. The van der Waals surface area contributed by atoms with E-state index in [9.17, 15) is 19.1 Å². The standard InChI is InChI=1S/C26H22FNO4/c27-18-12-13-19(25(29)30)17(15-18)7-5-6-14-28-26(31)32-16-24-22-10-3-1-8-20(22)21-9-2-4-11-23(21)24/h1-5,7-13,15,24H,6,14,16H2,(H,28,31)(H,29,30). The van der Waals surface area contributed by atoms with Crippen molar-refractivity contribution in [1.29, 1.82) is 0 Å². The second-order valence-corrected chi connectivity index (χ2v) is 7.48. The first-order chi connectivity index (χ1) is 15.5. The Morgan fingerprint density at radius 3 is 2.31 bits per heavy atom. The molecule has 162 valence electrons. The van der Waals surface area contributed by atoms with Crippen LogP contribution in [0.15, 0.2) is 72.8 Å². The lowest BCUT2D eigenvalue weighted by molar-refractivity contribution is 0.0696. The molecule has 0 spiro atoms. The van der Waals surface area contributed by atoms with E-state index in [0.29, 0.717) is 13.0 Å². The first-order valence-corrected chi connectivity index (χ1v) is 10.3. The van der Waals surface area contributed by atoms with Crippen molar-refractivity contribution in [3.8, 4) is 11.1 Å². The molecule has 32 heavy (non-hydrogen) atoms. The molecule has 0 fully saturated rings. The molecule has 1 amide bonds. The lowest BCUT2D eigenvalue weighted by Crippen LogP contribution is -2.26. The molecule has 0 unspecified atom stereocenters. The van der Waals surface area contributed by atoms with Gasteiger partial charge in [0.2, 0.25) is 0 Å². The Kier molecular flexibility index (Phi) is 6.31. The van der Waals surface area contributed by atoms with Crippen LogP contribution in [0.4, 0.5) is 9.18 Å². The number of amides is 1. The molecule has 2 N–H and O–H groups in total. The van der Waals surface area contributed by atoms with Crippen molar-refractivity contribution in [3.05, 3.63) is 101 Å². The van der Waals surface area contributed by atoms with Gasteiger partial charge in [-0.25, -0.2) is 14.0 Å². The molecule has 5 nitrogen and oxygen atoms in total. The predicted molar refractivity (Wildman–Crippen MR) is 120 cm³/mol. The van der Waals surface area contributed by atoms with Gasteiger partial charge in [0.15, 0.2) is 0 Å². The second kappa shape index (κ2) is 9.47. The van der Waals surface area contributed by atoms with Crippen molar-refractivity contribution >= 4 is 18.1 Å². The van der Waals surface area contributed by atoms with E-state index in [-0.39, 0.29) is 23.7 Å². The highest BCUT2D eigenvalue weighted by molar-refractivity contribution is 5.92. The van der Waals surface area contributed by atoms with Gasteiger partial charge in [-0.1, -0.05) is 60.7 Å². The molecule has 1 aliphatic rings. The minimum atomic E-state index is -1.12. The van der Waals surface area contributed by atoms with Gasteiger partial charge in [-0.2, -0.15) is 0 Å². The van der Waals surface area contributed by atoms with Crippen molar-refractivity contribution in [2.24, 2.45) is 0 Å². The topological polar surface area (TPSA) is 75.6 Å². The Hall–Kier alpha value is -3.93. The molecule has 0 aromatic heterocycles. The first kappa shape index (κ1) is 21.3. The normalized spacial score (nSPS) is 12.4. The maximum absolute atomic E-state index is 13.4. The predicted octanol–water partition coefficient (Wildman–Crippen LogP) is 5.47. The smallest absolute Gasteiger partial charge is 0.407 e. The van der Waals surface area contributed by atoms with Gasteiger partial charge < -0.3 is 15.2 Å². The minimum Gasteiger partial charge on any atom is -0.478 e. The molecule has 0 saturated carbocycles. The van der Waals surface area contributed by atoms with Crippen LogP contribution < -0.4 is 5.32 Å². The third kappa shape index (κ3) is 4.54. The third-order valence-corrected chi connectivity index (χ3v) is 5.47. The Morgan fingerprint density at radius 1 is 1.00 bits per heavy atom. The number of carbonyl (C=O) groups is 2. The molecule has 0 radical (unpaired) electrons. The summed E-state index contributed by atoms with van der Waals surface area (Å²) in [5.74, 6) is -1.64. The van der Waals surface area contributed by atoms with E-state index in [2.05, 4.69) is 29.6 Å². The number of fused-ring (bicyclic) bond motifs is 3. The van der Waals surface area contributed by atoms with Crippen molar-refractivity contribution < 1.29 is 23.8 Å². The molecule has 0 aliphatic heterocycles. The Labute approximate surface area is 185 Å². The van der Waals surface area contributed by atoms with E-state index >= 15 is 0 Å². The first-order valence-electron chi connectivity index (χ1n) is 10.3. The Morgan fingerprint density at radius 2 is 1.66 bits per heavy atom. The maximum atomic E-state index is 13.4. The zero-order chi connectivity index (χ0) is 22.5. The number of aromatic carboxylic acids is 1.